The van der Waals surface area contributed by atoms with E-state index in [9.17, 15) is 18.8 Å². The van der Waals surface area contributed by atoms with Gasteiger partial charge in [0.05, 0.1) is 6.04 Å². The molecule has 1 aromatic carbocycles. The monoisotopic (exact) mass is 373 g/mol. The number of carbonyl (C=O) groups is 2. The van der Waals surface area contributed by atoms with Gasteiger partial charge in [0, 0.05) is 12.1 Å². The van der Waals surface area contributed by atoms with Crippen LogP contribution in [0.2, 0.25) is 0 Å². The Morgan fingerprint density at radius 3 is 2.41 bits per heavy atom. The van der Waals surface area contributed by atoms with E-state index in [0.29, 0.717) is 18.5 Å². The van der Waals surface area contributed by atoms with Crippen LogP contribution in [0.15, 0.2) is 41.2 Å². The Morgan fingerprint density at radius 1 is 1.11 bits per heavy atom. The summed E-state index contributed by atoms with van der Waals surface area (Å²) in [5.74, 6) is -0.935. The molecule has 0 fully saturated rings. The van der Waals surface area contributed by atoms with Crippen molar-refractivity contribution in [3.63, 3.8) is 0 Å². The quantitative estimate of drug-likeness (QED) is 0.783. The van der Waals surface area contributed by atoms with E-state index < -0.39 is 5.56 Å². The van der Waals surface area contributed by atoms with E-state index in [4.69, 9.17) is 0 Å². The van der Waals surface area contributed by atoms with Crippen LogP contribution in [0.5, 0.6) is 0 Å². The molecular formula is C20H24FN3O3. The lowest BCUT2D eigenvalue weighted by molar-refractivity contribution is -0.122. The maximum absolute atomic E-state index is 13.0. The average Bonchev–Trinajstić information content (AvgIpc) is 2.62. The van der Waals surface area contributed by atoms with Gasteiger partial charge in [0.25, 0.3) is 5.56 Å². The molecule has 144 valence electrons. The highest BCUT2D eigenvalue weighted by molar-refractivity contribution is 5.90. The molecule has 2 rings (SSSR count). The molecule has 2 N–H and O–H groups in total. The highest BCUT2D eigenvalue weighted by atomic mass is 19.1. The minimum atomic E-state index is -0.427. The molecule has 1 atom stereocenters. The zero-order valence-electron chi connectivity index (χ0n) is 15.7. The zero-order valence-corrected chi connectivity index (χ0v) is 15.7. The molecule has 0 radical (unpaired) electrons. The number of anilines is 1. The first kappa shape index (κ1) is 20.4. The van der Waals surface area contributed by atoms with Crippen molar-refractivity contribution in [3.05, 3.63) is 63.8 Å². The van der Waals surface area contributed by atoms with Crippen LogP contribution < -0.4 is 16.2 Å². The lowest BCUT2D eigenvalue weighted by Crippen LogP contribution is -2.35. The summed E-state index contributed by atoms with van der Waals surface area (Å²) in [5.41, 5.74) is 1.09. The smallest absolute Gasteiger partial charge is 0.274 e. The molecule has 7 heteroatoms. The van der Waals surface area contributed by atoms with E-state index in [1.54, 1.807) is 38.1 Å². The molecule has 0 aliphatic carbocycles. The largest absolute Gasteiger partial charge is 0.348 e. The summed E-state index contributed by atoms with van der Waals surface area (Å²) in [7, 11) is 0. The van der Waals surface area contributed by atoms with Crippen molar-refractivity contribution in [2.75, 3.05) is 5.32 Å². The van der Waals surface area contributed by atoms with Crippen molar-refractivity contribution in [1.29, 1.82) is 0 Å². The van der Waals surface area contributed by atoms with Crippen molar-refractivity contribution in [3.8, 4) is 0 Å². The minimum absolute atomic E-state index is 0.151. The summed E-state index contributed by atoms with van der Waals surface area (Å²) < 4.78 is 14.3. The van der Waals surface area contributed by atoms with Crippen molar-refractivity contribution in [1.82, 2.24) is 9.88 Å². The molecule has 2 aromatic rings. The Hall–Kier alpha value is -2.96. The van der Waals surface area contributed by atoms with Gasteiger partial charge in [-0.05, 0) is 50.1 Å². The molecule has 27 heavy (non-hydrogen) atoms. The Morgan fingerprint density at radius 2 is 1.78 bits per heavy atom. The fraction of sp³-hybridized carbons (Fsp3) is 0.350. The van der Waals surface area contributed by atoms with Gasteiger partial charge in [0.15, 0.2) is 0 Å². The highest BCUT2D eigenvalue weighted by Gasteiger charge is 2.14. The Kier molecular flexibility index (Phi) is 6.87. The summed E-state index contributed by atoms with van der Waals surface area (Å²) in [5, 5.41) is 5.38. The number of aromatic nitrogens is 1. The van der Waals surface area contributed by atoms with Crippen molar-refractivity contribution in [2.24, 2.45) is 0 Å². The standard InChI is InChI=1S/C20H24FN3O3/c1-4-5-18(25)23-17-11-6-13(2)24(20(17)27)12-19(26)22-14(3)15-7-9-16(21)10-8-15/h6-11,14H,4-5,12H2,1-3H3,(H,22,26)(H,23,25)/t14-/m1/s1. The van der Waals surface area contributed by atoms with Crippen LogP contribution >= 0.6 is 0 Å². The minimum Gasteiger partial charge on any atom is -0.348 e. The van der Waals surface area contributed by atoms with Crippen LogP contribution in [-0.4, -0.2) is 16.4 Å². The van der Waals surface area contributed by atoms with Gasteiger partial charge in [-0.2, -0.15) is 0 Å². The van der Waals surface area contributed by atoms with Gasteiger partial charge in [0.2, 0.25) is 11.8 Å². The number of amides is 2. The number of aryl methyl sites for hydroxylation is 1. The summed E-state index contributed by atoms with van der Waals surface area (Å²) in [6.07, 6.45) is 0.999. The lowest BCUT2D eigenvalue weighted by Gasteiger charge is -2.16. The number of hydrogen-bond donors (Lipinski definition) is 2. The molecule has 0 saturated carbocycles. The van der Waals surface area contributed by atoms with Gasteiger partial charge in [-0.3, -0.25) is 14.4 Å². The van der Waals surface area contributed by atoms with Crippen molar-refractivity contribution < 1.29 is 14.0 Å². The number of nitrogens with one attached hydrogen (secondary N) is 2. The second-order valence-corrected chi connectivity index (χ2v) is 6.42. The molecular weight excluding hydrogens is 349 g/mol. The summed E-state index contributed by atoms with van der Waals surface area (Å²) in [4.78, 5) is 36.7. The van der Waals surface area contributed by atoms with Crippen molar-refractivity contribution >= 4 is 17.5 Å². The second kappa shape index (κ2) is 9.12. The number of rotatable bonds is 7. The highest BCUT2D eigenvalue weighted by Crippen LogP contribution is 2.13. The van der Waals surface area contributed by atoms with E-state index >= 15 is 0 Å². The van der Waals surface area contributed by atoms with E-state index in [0.717, 1.165) is 5.56 Å². The molecule has 0 bridgehead atoms. The van der Waals surface area contributed by atoms with Crippen LogP contribution in [0.1, 0.15) is 44.0 Å². The maximum atomic E-state index is 13.0. The van der Waals surface area contributed by atoms with Crippen LogP contribution in [-0.2, 0) is 16.1 Å². The SMILES string of the molecule is CCCC(=O)Nc1ccc(C)n(CC(=O)N[C@H](C)c2ccc(F)cc2)c1=O. The molecule has 1 aromatic heterocycles. The van der Waals surface area contributed by atoms with Crippen molar-refractivity contribution in [2.45, 2.75) is 46.2 Å². The van der Waals surface area contributed by atoms with Gasteiger partial charge in [0.1, 0.15) is 18.0 Å². The number of halogens is 1. The van der Waals surface area contributed by atoms with Gasteiger partial charge in [-0.1, -0.05) is 19.1 Å². The first-order valence-corrected chi connectivity index (χ1v) is 8.87. The molecule has 0 aliphatic rings. The number of pyridine rings is 1. The Balaban J connectivity index is 2.11. The molecule has 0 unspecified atom stereocenters. The van der Waals surface area contributed by atoms with Gasteiger partial charge >= 0.3 is 0 Å². The summed E-state index contributed by atoms with van der Waals surface area (Å²) >= 11 is 0. The van der Waals surface area contributed by atoms with Crippen LogP contribution in [0.25, 0.3) is 0 Å². The third-order valence-corrected chi connectivity index (χ3v) is 4.19. The molecule has 0 aliphatic heterocycles. The number of carbonyl (C=O) groups excluding carboxylic acids is 2. The van der Waals surface area contributed by atoms with Crippen LogP contribution in [0, 0.1) is 12.7 Å². The fourth-order valence-corrected chi connectivity index (χ4v) is 2.67. The first-order chi connectivity index (χ1) is 12.8. The van der Waals surface area contributed by atoms with Gasteiger partial charge in [-0.25, -0.2) is 4.39 Å². The maximum Gasteiger partial charge on any atom is 0.274 e. The molecule has 1 heterocycles. The second-order valence-electron chi connectivity index (χ2n) is 6.42. The Labute approximate surface area is 157 Å². The van der Waals surface area contributed by atoms with E-state index in [-0.39, 0.29) is 35.9 Å². The molecule has 0 spiro atoms. The molecule has 2 amide bonds. The molecule has 0 saturated heterocycles. The normalized spacial score (nSPS) is 11.7. The van der Waals surface area contributed by atoms with Crippen LogP contribution in [0.3, 0.4) is 0 Å². The molecule has 6 nitrogen and oxygen atoms in total. The summed E-state index contributed by atoms with van der Waals surface area (Å²) in [6.45, 7) is 5.20. The average molecular weight is 373 g/mol. The number of benzene rings is 1. The zero-order chi connectivity index (χ0) is 20.0. The van der Waals surface area contributed by atoms with E-state index in [1.165, 1.54) is 16.7 Å². The first-order valence-electron chi connectivity index (χ1n) is 8.87. The third-order valence-electron chi connectivity index (χ3n) is 4.19. The Bertz CT molecular complexity index is 875. The third kappa shape index (κ3) is 5.51. The summed E-state index contributed by atoms with van der Waals surface area (Å²) in [6, 6.07) is 8.75. The lowest BCUT2D eigenvalue weighted by atomic mass is 10.1. The number of nitrogens with zero attached hydrogens (tertiary/aromatic N) is 1. The number of hydrogen-bond acceptors (Lipinski definition) is 3. The fourth-order valence-electron chi connectivity index (χ4n) is 2.67. The van der Waals surface area contributed by atoms with E-state index in [2.05, 4.69) is 10.6 Å². The van der Waals surface area contributed by atoms with Gasteiger partial charge in [-0.15, -0.1) is 0 Å². The predicted molar refractivity (Wildman–Crippen MR) is 102 cm³/mol. The topological polar surface area (TPSA) is 80.2 Å². The van der Waals surface area contributed by atoms with E-state index in [1.807, 2.05) is 6.92 Å². The predicted octanol–water partition coefficient (Wildman–Crippen LogP) is 2.91. The van der Waals surface area contributed by atoms with Gasteiger partial charge < -0.3 is 15.2 Å². The van der Waals surface area contributed by atoms with Crippen LogP contribution in [0.4, 0.5) is 10.1 Å².